The summed E-state index contributed by atoms with van der Waals surface area (Å²) in [6, 6.07) is 2.23. The van der Waals surface area contributed by atoms with Crippen molar-refractivity contribution in [2.45, 2.75) is 0 Å². The third kappa shape index (κ3) is 0.943. The lowest BCUT2D eigenvalue weighted by Crippen LogP contribution is -2.23. The SMILES string of the molecule is N=c1c2cc3c(=O)n(O)c(=O)c3cc2c(=O)n1O. The van der Waals surface area contributed by atoms with Gasteiger partial charge in [-0.05, 0) is 12.1 Å². The lowest BCUT2D eigenvalue weighted by molar-refractivity contribution is 0.167. The highest BCUT2D eigenvalue weighted by molar-refractivity contribution is 5.97. The molecule has 2 heterocycles. The van der Waals surface area contributed by atoms with Gasteiger partial charge in [-0.25, -0.2) is 0 Å². The van der Waals surface area contributed by atoms with Crippen LogP contribution in [0.15, 0.2) is 26.5 Å². The standard InChI is InChI=1S/C10H5N3O5/c11-7-3-1-5-6(10(16)13(18)9(5)15)2-4(3)8(14)12(7)17/h1-2,11,17-18H. The number of nitrogens with one attached hydrogen (secondary N) is 1. The van der Waals surface area contributed by atoms with Gasteiger partial charge in [-0.1, -0.05) is 0 Å². The van der Waals surface area contributed by atoms with Crippen molar-refractivity contribution in [2.24, 2.45) is 0 Å². The molecule has 0 aliphatic rings. The maximum absolute atomic E-state index is 11.5. The monoisotopic (exact) mass is 247 g/mol. The summed E-state index contributed by atoms with van der Waals surface area (Å²) in [5, 5.41) is 25.7. The largest absolute Gasteiger partial charge is 0.423 e. The van der Waals surface area contributed by atoms with E-state index in [1.165, 1.54) is 0 Å². The van der Waals surface area contributed by atoms with Crippen molar-refractivity contribution in [3.8, 4) is 0 Å². The van der Waals surface area contributed by atoms with E-state index in [1.807, 2.05) is 0 Å². The summed E-state index contributed by atoms with van der Waals surface area (Å²) in [4.78, 5) is 34.5. The summed E-state index contributed by atoms with van der Waals surface area (Å²) in [6.45, 7) is 0. The molecule has 0 aliphatic carbocycles. The van der Waals surface area contributed by atoms with Crippen LogP contribution in [0.2, 0.25) is 0 Å². The zero-order valence-electron chi connectivity index (χ0n) is 8.67. The molecule has 3 aromatic rings. The second-order valence-corrected chi connectivity index (χ2v) is 3.83. The first-order valence-corrected chi connectivity index (χ1v) is 4.81. The fraction of sp³-hybridized carbons (Fsp3) is 0. The highest BCUT2D eigenvalue weighted by Gasteiger charge is 2.17. The Kier molecular flexibility index (Phi) is 1.63. The van der Waals surface area contributed by atoms with E-state index in [0.717, 1.165) is 12.1 Å². The molecule has 3 N–H and O–H groups in total. The van der Waals surface area contributed by atoms with Crippen molar-refractivity contribution < 1.29 is 10.4 Å². The van der Waals surface area contributed by atoms with Gasteiger partial charge in [0.15, 0.2) is 5.49 Å². The minimum Gasteiger partial charge on any atom is -0.423 e. The van der Waals surface area contributed by atoms with Gasteiger partial charge in [0.2, 0.25) is 0 Å². The Bertz CT molecular complexity index is 858. The number of nitrogens with zero attached hydrogens (tertiary/aromatic N) is 2. The number of benzene rings is 1. The first-order valence-electron chi connectivity index (χ1n) is 4.81. The van der Waals surface area contributed by atoms with Crippen LogP contribution >= 0.6 is 0 Å². The maximum Gasteiger partial charge on any atom is 0.294 e. The number of rotatable bonds is 0. The average molecular weight is 247 g/mol. The number of fused-ring (bicyclic) bond motifs is 2. The third-order valence-electron chi connectivity index (χ3n) is 2.89. The first-order chi connectivity index (χ1) is 8.43. The lowest BCUT2D eigenvalue weighted by atomic mass is 10.1. The van der Waals surface area contributed by atoms with Crippen molar-refractivity contribution in [2.75, 3.05) is 0 Å². The smallest absolute Gasteiger partial charge is 0.294 e. The van der Waals surface area contributed by atoms with Gasteiger partial charge in [-0.2, -0.15) is 0 Å². The molecule has 0 bridgehead atoms. The Hall–Kier alpha value is -2.90. The molecular weight excluding hydrogens is 242 g/mol. The van der Waals surface area contributed by atoms with E-state index in [2.05, 4.69) is 0 Å². The van der Waals surface area contributed by atoms with Crippen LogP contribution < -0.4 is 22.2 Å². The van der Waals surface area contributed by atoms with Crippen molar-refractivity contribution in [1.82, 2.24) is 9.46 Å². The molecular formula is C10H5N3O5. The molecule has 0 unspecified atom stereocenters. The molecule has 0 atom stereocenters. The number of aromatic nitrogens is 2. The minimum absolute atomic E-state index is 0.0395. The highest BCUT2D eigenvalue weighted by Crippen LogP contribution is 2.13. The van der Waals surface area contributed by atoms with E-state index >= 15 is 0 Å². The predicted octanol–water partition coefficient (Wildman–Crippen LogP) is -1.49. The minimum atomic E-state index is -0.937. The molecule has 8 heteroatoms. The summed E-state index contributed by atoms with van der Waals surface area (Å²) >= 11 is 0. The van der Waals surface area contributed by atoms with Crippen LogP contribution in [0.5, 0.6) is 0 Å². The van der Waals surface area contributed by atoms with Gasteiger partial charge in [-0.3, -0.25) is 19.8 Å². The fourth-order valence-electron chi connectivity index (χ4n) is 1.98. The number of hydrogen-bond acceptors (Lipinski definition) is 6. The summed E-state index contributed by atoms with van der Waals surface area (Å²) in [7, 11) is 0. The Morgan fingerprint density at radius 2 is 1.17 bits per heavy atom. The highest BCUT2D eigenvalue weighted by atomic mass is 16.5. The molecule has 0 fully saturated rings. The van der Waals surface area contributed by atoms with Gasteiger partial charge in [0, 0.05) is 5.39 Å². The normalized spacial score (nSPS) is 11.6. The molecule has 0 spiro atoms. The molecule has 18 heavy (non-hydrogen) atoms. The zero-order chi connectivity index (χ0) is 13.2. The predicted molar refractivity (Wildman–Crippen MR) is 58.8 cm³/mol. The molecule has 0 radical (unpaired) electrons. The Balaban J connectivity index is 2.78. The van der Waals surface area contributed by atoms with Crippen LogP contribution in [0.1, 0.15) is 0 Å². The van der Waals surface area contributed by atoms with Crippen LogP contribution in [0.4, 0.5) is 0 Å². The van der Waals surface area contributed by atoms with E-state index in [0.29, 0.717) is 0 Å². The lowest BCUT2D eigenvalue weighted by Gasteiger charge is -1.86. The molecule has 0 saturated heterocycles. The molecule has 1 aromatic carbocycles. The quantitative estimate of drug-likeness (QED) is 0.417. The van der Waals surface area contributed by atoms with Crippen LogP contribution in [0, 0.1) is 5.41 Å². The van der Waals surface area contributed by atoms with E-state index in [1.54, 1.807) is 0 Å². The topological polar surface area (TPSA) is 125 Å². The summed E-state index contributed by atoms with van der Waals surface area (Å²) in [5.74, 6) is 0. The summed E-state index contributed by atoms with van der Waals surface area (Å²) in [6.07, 6.45) is 0. The second-order valence-electron chi connectivity index (χ2n) is 3.83. The molecule has 0 aliphatic heterocycles. The van der Waals surface area contributed by atoms with Gasteiger partial charge in [-0.15, -0.1) is 9.46 Å². The van der Waals surface area contributed by atoms with Crippen molar-refractivity contribution in [3.63, 3.8) is 0 Å². The van der Waals surface area contributed by atoms with Crippen molar-refractivity contribution in [1.29, 1.82) is 5.41 Å². The molecule has 8 nitrogen and oxygen atoms in total. The van der Waals surface area contributed by atoms with Crippen LogP contribution in [0.25, 0.3) is 21.5 Å². The summed E-state index contributed by atoms with van der Waals surface area (Å²) in [5.41, 5.74) is -3.19. The van der Waals surface area contributed by atoms with E-state index in [9.17, 15) is 24.8 Å². The Morgan fingerprint density at radius 3 is 1.72 bits per heavy atom. The summed E-state index contributed by atoms with van der Waals surface area (Å²) < 4.78 is 0.0795. The third-order valence-corrected chi connectivity index (χ3v) is 2.89. The van der Waals surface area contributed by atoms with E-state index < -0.39 is 22.2 Å². The number of hydrogen-bond donors (Lipinski definition) is 3. The van der Waals surface area contributed by atoms with Crippen molar-refractivity contribution >= 4 is 21.5 Å². The van der Waals surface area contributed by atoms with Gasteiger partial charge in [0.05, 0.1) is 16.2 Å². The van der Waals surface area contributed by atoms with Gasteiger partial charge < -0.3 is 10.4 Å². The van der Waals surface area contributed by atoms with Crippen molar-refractivity contribution in [3.05, 3.63) is 48.7 Å². The Morgan fingerprint density at radius 1 is 0.778 bits per heavy atom. The molecule has 2 aromatic heterocycles. The van der Waals surface area contributed by atoms with Gasteiger partial charge >= 0.3 is 0 Å². The van der Waals surface area contributed by atoms with Crippen LogP contribution in [-0.2, 0) is 0 Å². The average Bonchev–Trinajstić information content (AvgIpc) is 2.71. The zero-order valence-corrected chi connectivity index (χ0v) is 8.67. The van der Waals surface area contributed by atoms with Gasteiger partial charge in [0.1, 0.15) is 0 Å². The second kappa shape index (κ2) is 2.86. The van der Waals surface area contributed by atoms with Gasteiger partial charge in [0.25, 0.3) is 16.7 Å². The van der Waals surface area contributed by atoms with E-state index in [-0.39, 0.29) is 31.0 Å². The Labute approximate surface area is 96.3 Å². The fourth-order valence-corrected chi connectivity index (χ4v) is 1.98. The first kappa shape index (κ1) is 10.3. The maximum atomic E-state index is 11.5. The van der Waals surface area contributed by atoms with Crippen LogP contribution in [-0.4, -0.2) is 19.9 Å². The van der Waals surface area contributed by atoms with Crippen LogP contribution in [0.3, 0.4) is 0 Å². The van der Waals surface area contributed by atoms with E-state index in [4.69, 9.17) is 5.41 Å². The molecule has 0 amide bonds. The molecule has 0 saturated carbocycles. The molecule has 3 rings (SSSR count). The molecule has 90 valence electrons.